The van der Waals surface area contributed by atoms with Gasteiger partial charge in [0, 0.05) is 18.8 Å². The minimum Gasteiger partial charge on any atom is -0.479 e. The van der Waals surface area contributed by atoms with E-state index in [1.165, 1.54) is 0 Å². The van der Waals surface area contributed by atoms with Crippen molar-refractivity contribution in [2.24, 2.45) is 0 Å². The van der Waals surface area contributed by atoms with Crippen molar-refractivity contribution < 1.29 is 14.3 Å². The second kappa shape index (κ2) is 6.90. The molecule has 0 aliphatic heterocycles. The maximum absolute atomic E-state index is 11.7. The second-order valence-electron chi connectivity index (χ2n) is 7.53. The molecule has 0 bridgehead atoms. The number of rotatable bonds is 6. The Balaban J connectivity index is 2.20. The number of aromatic nitrogens is 2. The summed E-state index contributed by atoms with van der Waals surface area (Å²) in [6.07, 6.45) is 3.09. The van der Waals surface area contributed by atoms with Gasteiger partial charge in [-0.25, -0.2) is 9.48 Å². The lowest BCUT2D eigenvalue weighted by Gasteiger charge is -2.38. The van der Waals surface area contributed by atoms with Crippen LogP contribution in [-0.4, -0.2) is 35.3 Å². The highest BCUT2D eigenvalue weighted by Gasteiger charge is 2.40. The first kappa shape index (κ1) is 18.4. The van der Waals surface area contributed by atoms with E-state index in [0.29, 0.717) is 6.42 Å². The molecule has 1 N–H and O–H groups in total. The summed E-state index contributed by atoms with van der Waals surface area (Å²) in [7, 11) is -2.15. The molecule has 1 atom stereocenters. The molecule has 0 amide bonds. The standard InChI is InChI=1S/C18H26N2O3Si/c1-18(2,3)24(4,5)23-16(17(21)22)13-14-8-6-9-15(12-14)20-11-7-10-19-20/h6-12,16H,13H2,1-5H3,(H,21,22)/t16-/m1/s1. The first-order chi connectivity index (χ1) is 11.1. The summed E-state index contributed by atoms with van der Waals surface area (Å²) >= 11 is 0. The summed E-state index contributed by atoms with van der Waals surface area (Å²) in [5, 5.41) is 13.8. The molecule has 2 aromatic rings. The van der Waals surface area contributed by atoms with Gasteiger partial charge >= 0.3 is 5.97 Å². The zero-order valence-electron chi connectivity index (χ0n) is 15.0. The van der Waals surface area contributed by atoms with Crippen LogP contribution in [0.25, 0.3) is 5.69 Å². The SMILES string of the molecule is CC(C)(C)[Si](C)(C)O[C@H](Cc1cccc(-n2cccn2)c1)C(=O)O. The molecule has 0 saturated carbocycles. The normalized spacial score (nSPS) is 13.7. The minimum atomic E-state index is -2.15. The zero-order valence-corrected chi connectivity index (χ0v) is 16.0. The molecule has 24 heavy (non-hydrogen) atoms. The molecule has 0 saturated heterocycles. The fourth-order valence-corrected chi connectivity index (χ4v) is 3.42. The van der Waals surface area contributed by atoms with Crippen molar-refractivity contribution >= 4 is 14.3 Å². The molecule has 0 aliphatic rings. The van der Waals surface area contributed by atoms with Crippen LogP contribution in [0.4, 0.5) is 0 Å². The molecule has 6 heteroatoms. The van der Waals surface area contributed by atoms with E-state index in [1.807, 2.05) is 36.5 Å². The van der Waals surface area contributed by atoms with Crippen LogP contribution in [-0.2, 0) is 15.6 Å². The van der Waals surface area contributed by atoms with Gasteiger partial charge in [-0.15, -0.1) is 0 Å². The Morgan fingerprint density at radius 1 is 1.33 bits per heavy atom. The third kappa shape index (κ3) is 4.33. The molecule has 130 valence electrons. The highest BCUT2D eigenvalue weighted by Crippen LogP contribution is 2.37. The van der Waals surface area contributed by atoms with Crippen molar-refractivity contribution in [1.29, 1.82) is 0 Å². The van der Waals surface area contributed by atoms with Gasteiger partial charge in [-0.1, -0.05) is 32.9 Å². The number of nitrogens with zero attached hydrogens (tertiary/aromatic N) is 2. The van der Waals surface area contributed by atoms with Crippen LogP contribution in [0.15, 0.2) is 42.7 Å². The number of benzene rings is 1. The molecular formula is C18H26N2O3Si. The van der Waals surface area contributed by atoms with Crippen LogP contribution in [0, 0.1) is 0 Å². The monoisotopic (exact) mass is 346 g/mol. The Hall–Kier alpha value is -1.92. The number of hydrogen-bond acceptors (Lipinski definition) is 3. The van der Waals surface area contributed by atoms with E-state index in [4.69, 9.17) is 4.43 Å². The largest absolute Gasteiger partial charge is 0.479 e. The van der Waals surface area contributed by atoms with Crippen LogP contribution in [0.5, 0.6) is 0 Å². The first-order valence-electron chi connectivity index (χ1n) is 8.10. The molecule has 5 nitrogen and oxygen atoms in total. The molecule has 0 radical (unpaired) electrons. The third-order valence-corrected chi connectivity index (χ3v) is 9.11. The molecule has 1 aromatic heterocycles. The molecule has 0 unspecified atom stereocenters. The van der Waals surface area contributed by atoms with E-state index in [1.54, 1.807) is 10.9 Å². The highest BCUT2D eigenvalue weighted by atomic mass is 28.4. The van der Waals surface area contributed by atoms with Crippen LogP contribution in [0.2, 0.25) is 18.1 Å². The zero-order chi connectivity index (χ0) is 18.0. The Kier molecular flexibility index (Phi) is 5.30. The maximum atomic E-state index is 11.7. The van der Waals surface area contributed by atoms with E-state index >= 15 is 0 Å². The van der Waals surface area contributed by atoms with Crippen molar-refractivity contribution in [2.75, 3.05) is 0 Å². The van der Waals surface area contributed by atoms with E-state index in [9.17, 15) is 9.90 Å². The number of carbonyl (C=O) groups is 1. The third-order valence-electron chi connectivity index (χ3n) is 4.62. The quantitative estimate of drug-likeness (QED) is 0.806. The van der Waals surface area contributed by atoms with Crippen LogP contribution in [0.1, 0.15) is 26.3 Å². The Bertz CT molecular complexity index is 691. The maximum Gasteiger partial charge on any atom is 0.331 e. The smallest absolute Gasteiger partial charge is 0.331 e. The van der Waals surface area contributed by atoms with Gasteiger partial charge in [-0.2, -0.15) is 5.10 Å². The molecule has 0 fully saturated rings. The van der Waals surface area contributed by atoms with Gasteiger partial charge in [0.1, 0.15) is 6.10 Å². The van der Waals surface area contributed by atoms with Gasteiger partial charge in [0.05, 0.1) is 5.69 Å². The molecule has 1 heterocycles. The van der Waals surface area contributed by atoms with Crippen molar-refractivity contribution in [1.82, 2.24) is 9.78 Å². The Morgan fingerprint density at radius 3 is 2.58 bits per heavy atom. The summed E-state index contributed by atoms with van der Waals surface area (Å²) < 4.78 is 7.87. The van der Waals surface area contributed by atoms with Crippen molar-refractivity contribution in [2.45, 2.75) is 51.4 Å². The summed E-state index contributed by atoms with van der Waals surface area (Å²) in [6.45, 7) is 10.5. The van der Waals surface area contributed by atoms with Crippen LogP contribution in [0.3, 0.4) is 0 Å². The fourth-order valence-electron chi connectivity index (χ4n) is 2.17. The summed E-state index contributed by atoms with van der Waals surface area (Å²) in [4.78, 5) is 11.7. The fraction of sp³-hybridized carbons (Fsp3) is 0.444. The predicted molar refractivity (Wildman–Crippen MR) is 97.0 cm³/mol. The summed E-state index contributed by atoms with van der Waals surface area (Å²) in [5.74, 6) is -0.913. The number of carboxylic acids is 1. The first-order valence-corrected chi connectivity index (χ1v) is 11.0. The minimum absolute atomic E-state index is 0.0302. The molecule has 0 aliphatic carbocycles. The number of carboxylic acid groups (broad SMARTS) is 1. The molecule has 1 aromatic carbocycles. The van der Waals surface area contributed by atoms with E-state index in [-0.39, 0.29) is 5.04 Å². The van der Waals surface area contributed by atoms with Gasteiger partial charge in [-0.05, 0) is 41.9 Å². The topological polar surface area (TPSA) is 64.4 Å². The van der Waals surface area contributed by atoms with Gasteiger partial charge in [0.25, 0.3) is 0 Å². The lowest BCUT2D eigenvalue weighted by molar-refractivity contribution is -0.145. The number of hydrogen-bond donors (Lipinski definition) is 1. The molecule has 0 spiro atoms. The van der Waals surface area contributed by atoms with Gasteiger partial charge < -0.3 is 9.53 Å². The van der Waals surface area contributed by atoms with E-state index < -0.39 is 20.4 Å². The predicted octanol–water partition coefficient (Wildman–Crippen LogP) is 3.89. The second-order valence-corrected chi connectivity index (χ2v) is 12.3. The van der Waals surface area contributed by atoms with Gasteiger partial charge in [-0.3, -0.25) is 0 Å². The Labute approximate surface area is 144 Å². The van der Waals surface area contributed by atoms with Crippen molar-refractivity contribution in [3.8, 4) is 5.69 Å². The van der Waals surface area contributed by atoms with Crippen LogP contribution < -0.4 is 0 Å². The van der Waals surface area contributed by atoms with E-state index in [0.717, 1.165) is 11.3 Å². The Morgan fingerprint density at radius 2 is 2.04 bits per heavy atom. The molecule has 2 rings (SSSR count). The molecular weight excluding hydrogens is 320 g/mol. The lowest BCUT2D eigenvalue weighted by Crippen LogP contribution is -2.46. The van der Waals surface area contributed by atoms with Crippen molar-refractivity contribution in [3.05, 3.63) is 48.3 Å². The van der Waals surface area contributed by atoms with Crippen LogP contribution >= 0.6 is 0 Å². The lowest BCUT2D eigenvalue weighted by atomic mass is 10.1. The summed E-state index contributed by atoms with van der Waals surface area (Å²) in [5.41, 5.74) is 1.84. The van der Waals surface area contributed by atoms with Crippen molar-refractivity contribution in [3.63, 3.8) is 0 Å². The van der Waals surface area contributed by atoms with E-state index in [2.05, 4.69) is 39.0 Å². The summed E-state index contributed by atoms with van der Waals surface area (Å²) in [6, 6.07) is 9.60. The average Bonchev–Trinajstić information content (AvgIpc) is 2.99. The highest BCUT2D eigenvalue weighted by molar-refractivity contribution is 6.74. The number of aliphatic carboxylic acids is 1. The van der Waals surface area contributed by atoms with Gasteiger partial charge in [0.2, 0.25) is 0 Å². The average molecular weight is 347 g/mol. The van der Waals surface area contributed by atoms with Gasteiger partial charge in [0.15, 0.2) is 8.32 Å².